The number of benzene rings is 2. The molecule has 1 aromatic heterocycles. The van der Waals surface area contributed by atoms with Crippen LogP contribution in [0.4, 0.5) is 4.39 Å². The van der Waals surface area contributed by atoms with Crippen molar-refractivity contribution in [2.75, 3.05) is 13.1 Å². The number of nitrogens with one attached hydrogen (secondary N) is 1. The second-order valence-electron chi connectivity index (χ2n) is 6.64. The van der Waals surface area contributed by atoms with Gasteiger partial charge in [0.25, 0.3) is 0 Å². The highest BCUT2D eigenvalue weighted by Crippen LogP contribution is 2.22. The number of fused-ring (bicyclic) bond motifs is 1. The van der Waals surface area contributed by atoms with Crippen LogP contribution >= 0.6 is 0 Å². The molecule has 1 atom stereocenters. The topological polar surface area (TPSA) is 29.9 Å². The number of piperidine rings is 1. The van der Waals surface area contributed by atoms with E-state index in [2.05, 4.69) is 28.1 Å². The summed E-state index contributed by atoms with van der Waals surface area (Å²) in [5.41, 5.74) is 3.33. The summed E-state index contributed by atoms with van der Waals surface area (Å²) in [5, 5.41) is 3.50. The molecule has 4 rings (SSSR count). The number of rotatable bonds is 4. The van der Waals surface area contributed by atoms with Crippen LogP contribution in [0.3, 0.4) is 0 Å². The molecule has 1 aliphatic heterocycles. The summed E-state index contributed by atoms with van der Waals surface area (Å²) in [7, 11) is 0. The largest absolute Gasteiger partial charge is 0.327 e. The Morgan fingerprint density at radius 3 is 2.75 bits per heavy atom. The zero-order valence-corrected chi connectivity index (χ0v) is 13.7. The Morgan fingerprint density at radius 1 is 1.12 bits per heavy atom. The highest BCUT2D eigenvalue weighted by Gasteiger charge is 2.18. The van der Waals surface area contributed by atoms with Crippen LogP contribution in [-0.4, -0.2) is 22.6 Å². The van der Waals surface area contributed by atoms with Crippen LogP contribution < -0.4 is 5.32 Å². The highest BCUT2D eigenvalue weighted by molar-refractivity contribution is 5.76. The van der Waals surface area contributed by atoms with Gasteiger partial charge in [-0.1, -0.05) is 24.3 Å². The maximum Gasteiger partial charge on any atom is 0.123 e. The molecular formula is C20H22FN3. The van der Waals surface area contributed by atoms with Gasteiger partial charge in [-0.2, -0.15) is 0 Å². The van der Waals surface area contributed by atoms with Gasteiger partial charge in [0.2, 0.25) is 0 Å². The van der Waals surface area contributed by atoms with Crippen molar-refractivity contribution in [1.82, 2.24) is 14.9 Å². The Bertz CT molecular complexity index is 817. The molecule has 1 fully saturated rings. The quantitative estimate of drug-likeness (QED) is 0.792. The first-order valence-corrected chi connectivity index (χ1v) is 8.69. The van der Waals surface area contributed by atoms with Gasteiger partial charge in [0.05, 0.1) is 11.0 Å². The lowest BCUT2D eigenvalue weighted by atomic mass is 9.99. The predicted molar refractivity (Wildman–Crippen MR) is 94.5 cm³/mol. The summed E-state index contributed by atoms with van der Waals surface area (Å²) in [4.78, 5) is 4.84. The van der Waals surface area contributed by atoms with Crippen molar-refractivity contribution < 1.29 is 4.39 Å². The van der Waals surface area contributed by atoms with E-state index in [9.17, 15) is 4.39 Å². The molecule has 0 spiro atoms. The van der Waals surface area contributed by atoms with Crippen LogP contribution in [-0.2, 0) is 13.0 Å². The highest BCUT2D eigenvalue weighted by atomic mass is 19.1. The molecule has 0 amide bonds. The second-order valence-corrected chi connectivity index (χ2v) is 6.64. The standard InChI is InChI=1S/C20H22FN3/c21-17-9-7-15(8-10-17)12-20-23-18-5-1-2-6-19(18)24(20)14-16-4-3-11-22-13-16/h1-2,5-10,16,22H,3-4,11-14H2. The van der Waals surface area contributed by atoms with Gasteiger partial charge in [-0.3, -0.25) is 0 Å². The zero-order chi connectivity index (χ0) is 16.4. The predicted octanol–water partition coefficient (Wildman–Crippen LogP) is 3.77. The minimum Gasteiger partial charge on any atom is -0.327 e. The van der Waals surface area contributed by atoms with Crippen LogP contribution in [0.15, 0.2) is 48.5 Å². The number of hydrogen-bond acceptors (Lipinski definition) is 2. The molecule has 3 nitrogen and oxygen atoms in total. The Morgan fingerprint density at radius 2 is 1.96 bits per heavy atom. The van der Waals surface area contributed by atoms with E-state index < -0.39 is 0 Å². The average molecular weight is 323 g/mol. The van der Waals surface area contributed by atoms with Crippen molar-refractivity contribution in [3.63, 3.8) is 0 Å². The van der Waals surface area contributed by atoms with Crippen molar-refractivity contribution in [2.24, 2.45) is 5.92 Å². The van der Waals surface area contributed by atoms with Crippen molar-refractivity contribution >= 4 is 11.0 Å². The van der Waals surface area contributed by atoms with E-state index in [-0.39, 0.29) is 5.82 Å². The number of halogens is 1. The Balaban J connectivity index is 1.67. The molecule has 0 bridgehead atoms. The van der Waals surface area contributed by atoms with Gasteiger partial charge in [0.1, 0.15) is 11.6 Å². The van der Waals surface area contributed by atoms with Crippen LogP contribution in [0.2, 0.25) is 0 Å². The smallest absolute Gasteiger partial charge is 0.123 e. The SMILES string of the molecule is Fc1ccc(Cc2nc3ccccc3n2CC2CCCNC2)cc1. The summed E-state index contributed by atoms with van der Waals surface area (Å²) in [6.45, 7) is 3.19. The number of hydrogen-bond donors (Lipinski definition) is 1. The third kappa shape index (κ3) is 3.20. The number of imidazole rings is 1. The summed E-state index contributed by atoms with van der Waals surface area (Å²) in [5.74, 6) is 1.51. The lowest BCUT2D eigenvalue weighted by molar-refractivity contribution is 0.337. The number of aromatic nitrogens is 2. The molecule has 124 valence electrons. The van der Waals surface area contributed by atoms with Gasteiger partial charge in [-0.05, 0) is 61.7 Å². The van der Waals surface area contributed by atoms with Gasteiger partial charge >= 0.3 is 0 Å². The monoisotopic (exact) mass is 323 g/mol. The maximum absolute atomic E-state index is 13.2. The van der Waals surface area contributed by atoms with Gasteiger partial charge in [-0.15, -0.1) is 0 Å². The molecule has 24 heavy (non-hydrogen) atoms. The Kier molecular flexibility index (Phi) is 4.30. The van der Waals surface area contributed by atoms with Crippen molar-refractivity contribution in [1.29, 1.82) is 0 Å². The molecule has 1 N–H and O–H groups in total. The summed E-state index contributed by atoms with van der Waals surface area (Å²) in [6.07, 6.45) is 3.23. The fourth-order valence-electron chi connectivity index (χ4n) is 3.59. The molecule has 0 aliphatic carbocycles. The number of para-hydroxylation sites is 2. The fraction of sp³-hybridized carbons (Fsp3) is 0.350. The van der Waals surface area contributed by atoms with E-state index in [4.69, 9.17) is 4.98 Å². The van der Waals surface area contributed by atoms with Crippen molar-refractivity contribution in [3.8, 4) is 0 Å². The lowest BCUT2D eigenvalue weighted by Crippen LogP contribution is -2.32. The molecule has 3 aromatic rings. The van der Waals surface area contributed by atoms with Gasteiger partial charge < -0.3 is 9.88 Å². The first-order chi connectivity index (χ1) is 11.8. The molecule has 1 aliphatic rings. The van der Waals surface area contributed by atoms with Crippen molar-refractivity contribution in [2.45, 2.75) is 25.8 Å². The third-order valence-electron chi connectivity index (χ3n) is 4.85. The summed E-state index contributed by atoms with van der Waals surface area (Å²) >= 11 is 0. The van der Waals surface area contributed by atoms with Gasteiger partial charge in [0, 0.05) is 13.0 Å². The number of nitrogens with zero attached hydrogens (tertiary/aromatic N) is 2. The van der Waals surface area contributed by atoms with E-state index in [1.54, 1.807) is 0 Å². The van der Waals surface area contributed by atoms with E-state index in [1.807, 2.05) is 18.2 Å². The molecule has 1 unspecified atom stereocenters. The minimum atomic E-state index is -0.194. The lowest BCUT2D eigenvalue weighted by Gasteiger charge is -2.24. The summed E-state index contributed by atoms with van der Waals surface area (Å²) < 4.78 is 15.5. The maximum atomic E-state index is 13.2. The third-order valence-corrected chi connectivity index (χ3v) is 4.85. The molecule has 0 saturated carbocycles. The van der Waals surface area contributed by atoms with Crippen LogP contribution in [0.5, 0.6) is 0 Å². The normalized spacial score (nSPS) is 18.1. The van der Waals surface area contributed by atoms with Crippen LogP contribution in [0.1, 0.15) is 24.2 Å². The van der Waals surface area contributed by atoms with E-state index in [1.165, 1.54) is 30.5 Å². The fourth-order valence-corrected chi connectivity index (χ4v) is 3.59. The molecule has 2 heterocycles. The second kappa shape index (κ2) is 6.73. The van der Waals surface area contributed by atoms with Crippen LogP contribution in [0.25, 0.3) is 11.0 Å². The molecule has 4 heteroatoms. The van der Waals surface area contributed by atoms with Gasteiger partial charge in [0.15, 0.2) is 0 Å². The van der Waals surface area contributed by atoms with E-state index >= 15 is 0 Å². The van der Waals surface area contributed by atoms with Crippen LogP contribution in [0, 0.1) is 11.7 Å². The van der Waals surface area contributed by atoms with Crippen molar-refractivity contribution in [3.05, 3.63) is 65.7 Å². The minimum absolute atomic E-state index is 0.194. The molecule has 2 aromatic carbocycles. The molecule has 1 saturated heterocycles. The van der Waals surface area contributed by atoms with E-state index in [0.29, 0.717) is 5.92 Å². The molecular weight excluding hydrogens is 301 g/mol. The first-order valence-electron chi connectivity index (χ1n) is 8.69. The first kappa shape index (κ1) is 15.3. The van der Waals surface area contributed by atoms with E-state index in [0.717, 1.165) is 43.0 Å². The Labute approximate surface area is 141 Å². The average Bonchev–Trinajstić information content (AvgIpc) is 2.95. The Hall–Kier alpha value is -2.20. The molecule has 0 radical (unpaired) electrons. The zero-order valence-electron chi connectivity index (χ0n) is 13.7. The van der Waals surface area contributed by atoms with Gasteiger partial charge in [-0.25, -0.2) is 9.37 Å². The summed E-state index contributed by atoms with van der Waals surface area (Å²) in [6, 6.07) is 15.1.